The fraction of sp³-hybridized carbons (Fsp3) is 0.667. The number of likely N-dealkylation sites (N-methyl/N-ethyl adjacent to an activating group) is 1. The molecule has 2 nitrogen and oxygen atoms in total. The predicted octanol–water partition coefficient (Wildman–Crippen LogP) is 3.99. The van der Waals surface area contributed by atoms with Crippen molar-refractivity contribution >= 4 is 0 Å². The number of nitrogens with zero attached hydrogens (tertiary/aromatic N) is 1. The van der Waals surface area contributed by atoms with E-state index in [9.17, 15) is 0 Å². The molecule has 0 amide bonds. The molecule has 2 rings (SSSR count). The van der Waals surface area contributed by atoms with Gasteiger partial charge in [0.1, 0.15) is 0 Å². The molecule has 0 radical (unpaired) electrons. The van der Waals surface area contributed by atoms with Crippen LogP contribution in [0.25, 0.3) is 0 Å². The highest BCUT2D eigenvalue weighted by Gasteiger charge is 2.28. The van der Waals surface area contributed by atoms with Crippen molar-refractivity contribution in [3.63, 3.8) is 0 Å². The Morgan fingerprint density at radius 3 is 2.45 bits per heavy atom. The van der Waals surface area contributed by atoms with Crippen LogP contribution in [0, 0.1) is 0 Å². The summed E-state index contributed by atoms with van der Waals surface area (Å²) in [5.41, 5.74) is 1.46. The van der Waals surface area contributed by atoms with Crippen LogP contribution in [0.2, 0.25) is 0 Å². The molecule has 1 atom stereocenters. The van der Waals surface area contributed by atoms with Crippen LogP contribution in [-0.4, -0.2) is 30.6 Å². The van der Waals surface area contributed by atoms with Gasteiger partial charge in [-0.15, -0.1) is 0 Å². The van der Waals surface area contributed by atoms with Crippen LogP contribution in [-0.2, 0) is 0 Å². The monoisotopic (exact) mass is 274 g/mol. The van der Waals surface area contributed by atoms with E-state index in [2.05, 4.69) is 54.4 Å². The van der Waals surface area contributed by atoms with Gasteiger partial charge in [0.25, 0.3) is 0 Å². The van der Waals surface area contributed by atoms with E-state index in [-0.39, 0.29) is 0 Å². The molecule has 1 aromatic rings. The highest BCUT2D eigenvalue weighted by Crippen LogP contribution is 2.30. The Morgan fingerprint density at radius 1 is 1.15 bits per heavy atom. The van der Waals surface area contributed by atoms with E-state index in [0.29, 0.717) is 6.04 Å². The van der Waals surface area contributed by atoms with Gasteiger partial charge in [-0.2, -0.15) is 0 Å². The molecule has 1 N–H and O–H groups in total. The largest absolute Gasteiger partial charge is 0.315 e. The van der Waals surface area contributed by atoms with Gasteiger partial charge in [-0.25, -0.2) is 0 Å². The maximum absolute atomic E-state index is 3.63. The Hall–Kier alpha value is -0.860. The van der Waals surface area contributed by atoms with Crippen molar-refractivity contribution in [1.29, 1.82) is 0 Å². The molecule has 1 saturated carbocycles. The van der Waals surface area contributed by atoms with Gasteiger partial charge in [0, 0.05) is 18.6 Å². The number of rotatable bonds is 8. The lowest BCUT2D eigenvalue weighted by molar-refractivity contribution is 0.140. The first kappa shape index (κ1) is 15.5. The van der Waals surface area contributed by atoms with Crippen molar-refractivity contribution in [3.8, 4) is 0 Å². The first-order chi connectivity index (χ1) is 9.86. The van der Waals surface area contributed by atoms with Crippen molar-refractivity contribution in [1.82, 2.24) is 10.2 Å². The molecular weight excluding hydrogens is 244 g/mol. The second-order valence-corrected chi connectivity index (χ2v) is 5.90. The fourth-order valence-electron chi connectivity index (χ4n) is 3.49. The first-order valence-corrected chi connectivity index (χ1v) is 8.38. The summed E-state index contributed by atoms with van der Waals surface area (Å²) in [6.07, 6.45) is 6.78. The fourth-order valence-corrected chi connectivity index (χ4v) is 3.49. The molecule has 0 aromatic heterocycles. The lowest BCUT2D eigenvalue weighted by Crippen LogP contribution is -2.41. The van der Waals surface area contributed by atoms with Crippen molar-refractivity contribution in [2.75, 3.05) is 19.6 Å². The van der Waals surface area contributed by atoms with Crippen molar-refractivity contribution in [2.24, 2.45) is 0 Å². The number of hydrogen-bond donors (Lipinski definition) is 1. The van der Waals surface area contributed by atoms with Crippen LogP contribution in [0.5, 0.6) is 0 Å². The van der Waals surface area contributed by atoms with Crippen LogP contribution >= 0.6 is 0 Å². The molecule has 1 fully saturated rings. The third-order valence-electron chi connectivity index (χ3n) is 4.51. The maximum Gasteiger partial charge on any atom is 0.0475 e. The second kappa shape index (κ2) is 8.43. The minimum atomic E-state index is 0.524. The molecule has 1 unspecified atom stereocenters. The molecule has 1 aromatic carbocycles. The van der Waals surface area contributed by atoms with E-state index in [4.69, 9.17) is 0 Å². The topological polar surface area (TPSA) is 15.3 Å². The average Bonchev–Trinajstić information content (AvgIpc) is 3.01. The van der Waals surface area contributed by atoms with Gasteiger partial charge in [-0.1, -0.05) is 57.0 Å². The second-order valence-electron chi connectivity index (χ2n) is 5.90. The van der Waals surface area contributed by atoms with E-state index in [1.165, 1.54) is 37.7 Å². The molecule has 20 heavy (non-hydrogen) atoms. The zero-order valence-electron chi connectivity index (χ0n) is 13.1. The summed E-state index contributed by atoms with van der Waals surface area (Å²) in [5.74, 6) is 0. The molecule has 0 heterocycles. The number of hydrogen-bond acceptors (Lipinski definition) is 2. The Labute approximate surface area is 124 Å². The molecular formula is C18H30N2. The number of benzene rings is 1. The lowest BCUT2D eigenvalue weighted by Gasteiger charge is -2.36. The summed E-state index contributed by atoms with van der Waals surface area (Å²) in [4.78, 5) is 2.73. The SMILES string of the molecule is CCCNCC(c1ccccc1)N(CC)C1CCCC1. The molecule has 0 aliphatic heterocycles. The van der Waals surface area contributed by atoms with Gasteiger partial charge in [0.15, 0.2) is 0 Å². The van der Waals surface area contributed by atoms with E-state index in [0.717, 1.165) is 25.7 Å². The molecule has 2 heteroatoms. The minimum absolute atomic E-state index is 0.524. The zero-order valence-corrected chi connectivity index (χ0v) is 13.1. The van der Waals surface area contributed by atoms with E-state index < -0.39 is 0 Å². The highest BCUT2D eigenvalue weighted by atomic mass is 15.2. The molecule has 0 saturated heterocycles. The van der Waals surface area contributed by atoms with Crippen molar-refractivity contribution in [2.45, 2.75) is 58.0 Å². The summed E-state index contributed by atoms with van der Waals surface area (Å²) in [6.45, 7) is 7.89. The molecule has 0 spiro atoms. The molecule has 0 bridgehead atoms. The third-order valence-corrected chi connectivity index (χ3v) is 4.51. The molecule has 1 aliphatic rings. The summed E-state index contributed by atoms with van der Waals surface area (Å²) in [6, 6.07) is 12.3. The van der Waals surface area contributed by atoms with Gasteiger partial charge in [-0.05, 0) is 37.9 Å². The highest BCUT2D eigenvalue weighted by molar-refractivity contribution is 5.20. The first-order valence-electron chi connectivity index (χ1n) is 8.38. The van der Waals surface area contributed by atoms with Crippen LogP contribution in [0.15, 0.2) is 30.3 Å². The van der Waals surface area contributed by atoms with Crippen molar-refractivity contribution in [3.05, 3.63) is 35.9 Å². The van der Waals surface area contributed by atoms with Crippen LogP contribution < -0.4 is 5.32 Å². The van der Waals surface area contributed by atoms with E-state index >= 15 is 0 Å². The third kappa shape index (κ3) is 4.07. The molecule has 112 valence electrons. The normalized spacial score (nSPS) is 17.8. The van der Waals surface area contributed by atoms with E-state index in [1.54, 1.807) is 0 Å². The van der Waals surface area contributed by atoms with Gasteiger partial charge >= 0.3 is 0 Å². The summed E-state index contributed by atoms with van der Waals surface area (Å²) in [5, 5.41) is 3.63. The summed E-state index contributed by atoms with van der Waals surface area (Å²) in [7, 11) is 0. The standard InChI is InChI=1S/C18H30N2/c1-3-14-19-15-18(16-10-6-5-7-11-16)20(4-2)17-12-8-9-13-17/h5-7,10-11,17-19H,3-4,8-9,12-15H2,1-2H3. The summed E-state index contributed by atoms with van der Waals surface area (Å²) < 4.78 is 0. The predicted molar refractivity (Wildman–Crippen MR) is 87.0 cm³/mol. The van der Waals surface area contributed by atoms with Crippen LogP contribution in [0.1, 0.15) is 57.6 Å². The smallest absolute Gasteiger partial charge is 0.0475 e. The zero-order chi connectivity index (χ0) is 14.2. The Morgan fingerprint density at radius 2 is 1.85 bits per heavy atom. The van der Waals surface area contributed by atoms with Crippen LogP contribution in [0.4, 0.5) is 0 Å². The van der Waals surface area contributed by atoms with Gasteiger partial charge in [0.2, 0.25) is 0 Å². The lowest BCUT2D eigenvalue weighted by atomic mass is 10.0. The molecule has 1 aliphatic carbocycles. The minimum Gasteiger partial charge on any atom is -0.315 e. The van der Waals surface area contributed by atoms with Gasteiger partial charge in [-0.3, -0.25) is 4.90 Å². The summed E-state index contributed by atoms with van der Waals surface area (Å²) >= 11 is 0. The van der Waals surface area contributed by atoms with Crippen molar-refractivity contribution < 1.29 is 0 Å². The maximum atomic E-state index is 3.63. The van der Waals surface area contributed by atoms with Gasteiger partial charge in [0.05, 0.1) is 0 Å². The Balaban J connectivity index is 2.10. The van der Waals surface area contributed by atoms with E-state index in [1.807, 2.05) is 0 Å². The Kier molecular flexibility index (Phi) is 6.55. The quantitative estimate of drug-likeness (QED) is 0.721. The number of nitrogens with one attached hydrogen (secondary N) is 1. The van der Waals surface area contributed by atoms with Crippen LogP contribution in [0.3, 0.4) is 0 Å². The van der Waals surface area contributed by atoms with Gasteiger partial charge < -0.3 is 5.32 Å². The average molecular weight is 274 g/mol. The Bertz CT molecular complexity index is 357.